The number of hydrogen-bond donors (Lipinski definition) is 0. The first-order chi connectivity index (χ1) is 14.3. The second kappa shape index (κ2) is 13.1. The van der Waals surface area contributed by atoms with Gasteiger partial charge in [0.15, 0.2) is 5.75 Å². The summed E-state index contributed by atoms with van der Waals surface area (Å²) < 4.78 is 34.4. The van der Waals surface area contributed by atoms with Crippen LogP contribution in [0.1, 0.15) is 38.7 Å². The topological polar surface area (TPSA) is 102 Å². The van der Waals surface area contributed by atoms with Gasteiger partial charge >= 0.3 is 7.82 Å². The van der Waals surface area contributed by atoms with Crippen LogP contribution in [0.5, 0.6) is 5.75 Å². The molecule has 162 valence electrons. The molecule has 1 aromatic rings. The zero-order chi connectivity index (χ0) is 22.6. The van der Waals surface area contributed by atoms with Crippen LogP contribution in [0.15, 0.2) is 36.4 Å². The van der Waals surface area contributed by atoms with Crippen molar-refractivity contribution >= 4 is 25.2 Å². The van der Waals surface area contributed by atoms with Crippen molar-refractivity contribution in [3.8, 4) is 17.9 Å². The fourth-order valence-corrected chi connectivity index (χ4v) is 3.90. The Labute approximate surface area is 183 Å². The van der Waals surface area contributed by atoms with E-state index in [4.69, 9.17) is 40.4 Å². The maximum Gasteiger partial charge on any atom is 0.530 e. The minimum atomic E-state index is -4.10. The maximum absolute atomic E-state index is 13.0. The van der Waals surface area contributed by atoms with E-state index in [1.165, 1.54) is 0 Å². The van der Waals surface area contributed by atoms with E-state index < -0.39 is 7.82 Å². The van der Waals surface area contributed by atoms with Gasteiger partial charge in [-0.15, -0.1) is 6.58 Å². The number of allylic oxidation sites excluding steroid dienone is 2. The molecule has 0 spiro atoms. The van der Waals surface area contributed by atoms with Gasteiger partial charge in [-0.2, -0.15) is 10.5 Å². The second-order valence-electron chi connectivity index (χ2n) is 6.31. The lowest BCUT2D eigenvalue weighted by Gasteiger charge is -2.20. The van der Waals surface area contributed by atoms with E-state index in [1.807, 2.05) is 25.1 Å². The highest BCUT2D eigenvalue weighted by atomic mass is 35.5. The molecule has 1 unspecified atom stereocenters. The average molecular weight is 453 g/mol. The third-order valence-electron chi connectivity index (χ3n) is 4.15. The number of nitrogens with zero attached hydrogens (tertiary/aromatic N) is 2. The first-order valence-corrected chi connectivity index (χ1v) is 11.1. The summed E-state index contributed by atoms with van der Waals surface area (Å²) in [5.74, 6) is 0.911. The molecular formula is C21H26ClN2O5P. The van der Waals surface area contributed by atoms with Crippen molar-refractivity contribution in [2.45, 2.75) is 33.1 Å². The average Bonchev–Trinajstić information content (AvgIpc) is 2.71. The summed E-state index contributed by atoms with van der Waals surface area (Å²) in [6.45, 7) is 7.48. The molecule has 0 amide bonds. The van der Waals surface area contributed by atoms with Crippen LogP contribution >= 0.6 is 19.4 Å². The van der Waals surface area contributed by atoms with E-state index >= 15 is 0 Å². The minimum absolute atomic E-state index is 0.000318. The van der Waals surface area contributed by atoms with Gasteiger partial charge in [0.2, 0.25) is 0 Å². The molecule has 9 heteroatoms. The molecule has 0 aliphatic carbocycles. The summed E-state index contributed by atoms with van der Waals surface area (Å²) in [6.07, 6.45) is 2.62. The standard InChI is InChI=1S/C21H26ClN2O5P/c1-5-8-16(2)17(3)21(26-4)18-9-10-19(22)20(15-18)29-30(25,27-13-6-11-23)28-14-7-12-24/h5,9-10,15-16H,1,6-8,13-14H2,2-4H3/b21-17+. The molecule has 7 nitrogen and oxygen atoms in total. The molecule has 0 bridgehead atoms. The molecule has 0 saturated heterocycles. The second-order valence-corrected chi connectivity index (χ2v) is 8.31. The summed E-state index contributed by atoms with van der Waals surface area (Å²) in [6, 6.07) is 8.70. The van der Waals surface area contributed by atoms with Crippen molar-refractivity contribution in [3.63, 3.8) is 0 Å². The highest BCUT2D eigenvalue weighted by molar-refractivity contribution is 7.48. The smallest absolute Gasteiger partial charge is 0.496 e. The molecule has 30 heavy (non-hydrogen) atoms. The largest absolute Gasteiger partial charge is 0.530 e. The Kier molecular flexibility index (Phi) is 11.3. The van der Waals surface area contributed by atoms with E-state index in [-0.39, 0.29) is 42.7 Å². The van der Waals surface area contributed by atoms with E-state index in [9.17, 15) is 4.57 Å². The molecule has 0 aromatic heterocycles. The molecule has 1 aromatic carbocycles. The van der Waals surface area contributed by atoms with E-state index in [0.717, 1.165) is 12.0 Å². The highest BCUT2D eigenvalue weighted by Gasteiger charge is 2.30. The third-order valence-corrected chi connectivity index (χ3v) is 5.88. The quantitative estimate of drug-likeness (QED) is 0.150. The van der Waals surface area contributed by atoms with Gasteiger partial charge in [-0.25, -0.2) is 4.57 Å². The number of ether oxygens (including phenoxy) is 1. The number of phosphoric acid groups is 1. The van der Waals surface area contributed by atoms with Gasteiger partial charge in [0.1, 0.15) is 5.76 Å². The fourth-order valence-electron chi connectivity index (χ4n) is 2.49. The van der Waals surface area contributed by atoms with Crippen molar-refractivity contribution in [1.29, 1.82) is 10.5 Å². The van der Waals surface area contributed by atoms with Gasteiger partial charge in [-0.1, -0.05) is 24.6 Å². The lowest BCUT2D eigenvalue weighted by molar-refractivity contribution is 0.160. The number of methoxy groups -OCH3 is 1. The summed E-state index contributed by atoms with van der Waals surface area (Å²) >= 11 is 6.23. The number of hydrogen-bond acceptors (Lipinski definition) is 7. The molecule has 0 saturated carbocycles. The van der Waals surface area contributed by atoms with Crippen molar-refractivity contribution in [2.24, 2.45) is 5.92 Å². The number of nitriles is 2. The van der Waals surface area contributed by atoms with E-state index in [0.29, 0.717) is 11.3 Å². The van der Waals surface area contributed by atoms with Crippen LogP contribution in [0, 0.1) is 28.6 Å². The lowest BCUT2D eigenvalue weighted by Crippen LogP contribution is -2.06. The molecule has 0 aliphatic heterocycles. The number of phosphoric ester groups is 1. The summed E-state index contributed by atoms with van der Waals surface area (Å²) in [5.41, 5.74) is 1.68. The van der Waals surface area contributed by atoms with Crippen LogP contribution in [0.3, 0.4) is 0 Å². The third kappa shape index (κ3) is 7.86. The van der Waals surface area contributed by atoms with Crippen molar-refractivity contribution in [3.05, 3.63) is 47.0 Å². The Hall–Kier alpha value is -2.28. The predicted molar refractivity (Wildman–Crippen MR) is 116 cm³/mol. The van der Waals surface area contributed by atoms with E-state index in [1.54, 1.807) is 25.3 Å². The first-order valence-electron chi connectivity index (χ1n) is 9.30. The Morgan fingerprint density at radius 1 is 1.27 bits per heavy atom. The van der Waals surface area contributed by atoms with Crippen molar-refractivity contribution in [2.75, 3.05) is 20.3 Å². The van der Waals surface area contributed by atoms with Crippen LogP contribution < -0.4 is 4.52 Å². The van der Waals surface area contributed by atoms with Gasteiger partial charge in [0.25, 0.3) is 0 Å². The van der Waals surface area contributed by atoms with Crippen LogP contribution in [-0.2, 0) is 18.3 Å². The van der Waals surface area contributed by atoms with Crippen LogP contribution in [0.4, 0.5) is 0 Å². The molecule has 1 atom stereocenters. The van der Waals surface area contributed by atoms with E-state index in [2.05, 4.69) is 13.5 Å². The van der Waals surface area contributed by atoms with Gasteiger partial charge in [-0.3, -0.25) is 9.05 Å². The normalized spacial score (nSPS) is 12.9. The SMILES string of the molecule is C=CCC(C)/C(C)=C(/OC)c1ccc(Cl)c(OP(=O)(OCCC#N)OCCC#N)c1. The zero-order valence-electron chi connectivity index (χ0n) is 17.4. The molecular weight excluding hydrogens is 427 g/mol. The molecule has 0 radical (unpaired) electrons. The van der Waals surface area contributed by atoms with Crippen LogP contribution in [-0.4, -0.2) is 20.3 Å². The Bertz CT molecular complexity index is 864. The Balaban J connectivity index is 3.25. The van der Waals surface area contributed by atoms with Gasteiger partial charge in [0.05, 0.1) is 50.3 Å². The first kappa shape index (κ1) is 25.8. The lowest BCUT2D eigenvalue weighted by atomic mass is 9.95. The van der Waals surface area contributed by atoms with Crippen LogP contribution in [0.2, 0.25) is 5.02 Å². The van der Waals surface area contributed by atoms with Crippen molar-refractivity contribution < 1.29 is 22.9 Å². The Morgan fingerprint density at radius 3 is 2.37 bits per heavy atom. The Morgan fingerprint density at radius 2 is 1.87 bits per heavy atom. The van der Waals surface area contributed by atoms with Gasteiger partial charge < -0.3 is 9.26 Å². The number of rotatable bonds is 13. The summed E-state index contributed by atoms with van der Waals surface area (Å²) in [5, 5.41) is 17.6. The van der Waals surface area contributed by atoms with Crippen molar-refractivity contribution in [1.82, 2.24) is 0 Å². The minimum Gasteiger partial charge on any atom is -0.496 e. The van der Waals surface area contributed by atoms with Gasteiger partial charge in [-0.05, 0) is 43.0 Å². The fraction of sp³-hybridized carbons (Fsp3) is 0.429. The van der Waals surface area contributed by atoms with Gasteiger partial charge in [0, 0.05) is 5.56 Å². The molecule has 0 N–H and O–H groups in total. The maximum atomic E-state index is 13.0. The monoisotopic (exact) mass is 452 g/mol. The molecule has 1 rings (SSSR count). The van der Waals surface area contributed by atoms with Crippen LogP contribution in [0.25, 0.3) is 5.76 Å². The summed E-state index contributed by atoms with van der Waals surface area (Å²) in [4.78, 5) is 0. The number of halogens is 1. The molecule has 0 fully saturated rings. The number of benzene rings is 1. The molecule has 0 heterocycles. The summed E-state index contributed by atoms with van der Waals surface area (Å²) in [7, 11) is -2.53. The predicted octanol–water partition coefficient (Wildman–Crippen LogP) is 6.28. The molecule has 0 aliphatic rings. The highest BCUT2D eigenvalue weighted by Crippen LogP contribution is 2.51. The zero-order valence-corrected chi connectivity index (χ0v) is 19.0.